The van der Waals surface area contributed by atoms with Gasteiger partial charge in [0.1, 0.15) is 5.70 Å². The first-order valence-electron chi connectivity index (χ1n) is 7.16. The lowest BCUT2D eigenvalue weighted by atomic mass is 10.1. The molecule has 7 heteroatoms. The van der Waals surface area contributed by atoms with Gasteiger partial charge in [-0.2, -0.15) is 0 Å². The number of methoxy groups -OCH3 is 1. The molecule has 0 aliphatic carbocycles. The number of nitrogens with one attached hydrogen (secondary N) is 1. The molecular weight excluding hydrogens is 300 g/mol. The van der Waals surface area contributed by atoms with E-state index in [1.165, 1.54) is 20.1 Å². The average molecular weight is 318 g/mol. The Kier molecular flexibility index (Phi) is 5.00. The van der Waals surface area contributed by atoms with Crippen molar-refractivity contribution in [3.8, 4) is 11.5 Å². The van der Waals surface area contributed by atoms with Crippen molar-refractivity contribution in [2.75, 3.05) is 13.7 Å². The second kappa shape index (κ2) is 6.95. The van der Waals surface area contributed by atoms with Gasteiger partial charge in [0.25, 0.3) is 5.91 Å². The van der Waals surface area contributed by atoms with Crippen LogP contribution >= 0.6 is 0 Å². The van der Waals surface area contributed by atoms with Gasteiger partial charge in [-0.25, -0.2) is 9.69 Å². The van der Waals surface area contributed by atoms with Gasteiger partial charge in [-0.1, -0.05) is 13.0 Å². The minimum atomic E-state index is -0.747. The molecule has 0 saturated carbocycles. The fourth-order valence-electron chi connectivity index (χ4n) is 2.13. The van der Waals surface area contributed by atoms with Crippen LogP contribution < -0.4 is 14.8 Å². The van der Waals surface area contributed by atoms with Crippen LogP contribution in [-0.4, -0.2) is 36.5 Å². The molecular formula is C16H18N2O5. The number of urea groups is 1. The summed E-state index contributed by atoms with van der Waals surface area (Å²) in [6.07, 6.45) is 2.32. The van der Waals surface area contributed by atoms with Gasteiger partial charge in [0, 0.05) is 6.92 Å². The summed E-state index contributed by atoms with van der Waals surface area (Å²) in [5, 5.41) is 2.09. The van der Waals surface area contributed by atoms with Crippen molar-refractivity contribution < 1.29 is 23.9 Å². The third-order valence-corrected chi connectivity index (χ3v) is 3.16. The molecule has 0 unspecified atom stereocenters. The van der Waals surface area contributed by atoms with E-state index >= 15 is 0 Å². The summed E-state index contributed by atoms with van der Waals surface area (Å²) in [6, 6.07) is 4.36. The normalized spacial score (nSPS) is 15.8. The van der Waals surface area contributed by atoms with Crippen LogP contribution in [0.5, 0.6) is 11.5 Å². The van der Waals surface area contributed by atoms with E-state index in [4.69, 9.17) is 9.47 Å². The summed E-state index contributed by atoms with van der Waals surface area (Å²) in [7, 11) is 1.51. The van der Waals surface area contributed by atoms with Gasteiger partial charge >= 0.3 is 6.03 Å². The van der Waals surface area contributed by atoms with Crippen LogP contribution in [0.25, 0.3) is 6.08 Å². The first-order chi connectivity index (χ1) is 11.0. The predicted molar refractivity (Wildman–Crippen MR) is 82.8 cm³/mol. The number of hydrogen-bond donors (Lipinski definition) is 1. The van der Waals surface area contributed by atoms with Gasteiger partial charge in [0.15, 0.2) is 11.5 Å². The third kappa shape index (κ3) is 3.50. The zero-order valence-electron chi connectivity index (χ0n) is 13.2. The SMILES string of the molecule is CCCOc1ccc(C=C2C(=O)NC(=O)N2C(C)=O)cc1OC. The van der Waals surface area contributed by atoms with Crippen molar-refractivity contribution in [3.63, 3.8) is 0 Å². The Bertz CT molecular complexity index is 681. The van der Waals surface area contributed by atoms with Crippen molar-refractivity contribution in [3.05, 3.63) is 29.5 Å². The molecule has 2 rings (SSSR count). The van der Waals surface area contributed by atoms with Crippen molar-refractivity contribution >= 4 is 23.9 Å². The van der Waals surface area contributed by atoms with Crippen LogP contribution in [0, 0.1) is 0 Å². The summed E-state index contributed by atoms with van der Waals surface area (Å²) in [6.45, 7) is 3.78. The Balaban J connectivity index is 2.36. The van der Waals surface area contributed by atoms with Gasteiger partial charge in [-0.3, -0.25) is 14.9 Å². The van der Waals surface area contributed by atoms with Crippen LogP contribution in [0.15, 0.2) is 23.9 Å². The summed E-state index contributed by atoms with van der Waals surface area (Å²) in [5.41, 5.74) is 0.587. The van der Waals surface area contributed by atoms with Gasteiger partial charge < -0.3 is 9.47 Å². The number of nitrogens with zero attached hydrogens (tertiary/aromatic N) is 1. The van der Waals surface area contributed by atoms with E-state index in [2.05, 4.69) is 5.32 Å². The van der Waals surface area contributed by atoms with Crippen molar-refractivity contribution in [1.82, 2.24) is 10.2 Å². The Labute approximate surface area is 133 Å². The molecule has 0 radical (unpaired) electrons. The molecule has 1 aromatic rings. The quantitative estimate of drug-likeness (QED) is 0.662. The highest BCUT2D eigenvalue weighted by Gasteiger charge is 2.35. The summed E-state index contributed by atoms with van der Waals surface area (Å²) < 4.78 is 10.8. The minimum absolute atomic E-state index is 0.0215. The van der Waals surface area contributed by atoms with Crippen LogP contribution in [0.2, 0.25) is 0 Å². The number of ether oxygens (including phenoxy) is 2. The van der Waals surface area contributed by atoms with E-state index < -0.39 is 17.8 Å². The molecule has 0 aromatic heterocycles. The minimum Gasteiger partial charge on any atom is -0.493 e. The van der Waals surface area contributed by atoms with E-state index in [-0.39, 0.29) is 5.70 Å². The van der Waals surface area contributed by atoms with Gasteiger partial charge in [0.05, 0.1) is 13.7 Å². The highest BCUT2D eigenvalue weighted by molar-refractivity contribution is 6.19. The molecule has 122 valence electrons. The van der Waals surface area contributed by atoms with Gasteiger partial charge in [-0.05, 0) is 30.2 Å². The lowest BCUT2D eigenvalue weighted by Crippen LogP contribution is -2.31. The molecule has 1 aliphatic heterocycles. The Morgan fingerprint density at radius 3 is 2.65 bits per heavy atom. The maximum atomic E-state index is 11.8. The molecule has 1 aliphatic rings. The lowest BCUT2D eigenvalue weighted by molar-refractivity contribution is -0.125. The maximum Gasteiger partial charge on any atom is 0.335 e. The third-order valence-electron chi connectivity index (χ3n) is 3.16. The number of hydrogen-bond acceptors (Lipinski definition) is 5. The van der Waals surface area contributed by atoms with E-state index in [9.17, 15) is 14.4 Å². The molecule has 1 N–H and O–H groups in total. The zero-order chi connectivity index (χ0) is 17.0. The first-order valence-corrected chi connectivity index (χ1v) is 7.16. The maximum absolute atomic E-state index is 11.8. The van der Waals surface area contributed by atoms with Crippen molar-refractivity contribution in [2.24, 2.45) is 0 Å². The van der Waals surface area contributed by atoms with Crippen molar-refractivity contribution in [1.29, 1.82) is 0 Å². The van der Waals surface area contributed by atoms with Crippen LogP contribution in [0.4, 0.5) is 4.79 Å². The standard InChI is InChI=1S/C16H18N2O5/c1-4-7-23-13-6-5-11(9-14(13)22-3)8-12-15(20)17-16(21)18(12)10(2)19/h5-6,8-9H,4,7H2,1-3H3,(H,17,20,21). The molecule has 1 aromatic carbocycles. The smallest absolute Gasteiger partial charge is 0.335 e. The van der Waals surface area contributed by atoms with E-state index in [1.807, 2.05) is 6.92 Å². The molecule has 1 heterocycles. The Morgan fingerprint density at radius 1 is 1.30 bits per heavy atom. The Morgan fingerprint density at radius 2 is 2.04 bits per heavy atom. The highest BCUT2D eigenvalue weighted by Crippen LogP contribution is 2.29. The summed E-state index contributed by atoms with van der Waals surface area (Å²) >= 11 is 0. The molecule has 1 saturated heterocycles. The van der Waals surface area contributed by atoms with Crippen LogP contribution in [0.3, 0.4) is 0 Å². The van der Waals surface area contributed by atoms with Crippen molar-refractivity contribution in [2.45, 2.75) is 20.3 Å². The number of imide groups is 2. The second-order valence-electron chi connectivity index (χ2n) is 4.90. The first kappa shape index (κ1) is 16.5. The fourth-order valence-corrected chi connectivity index (χ4v) is 2.13. The van der Waals surface area contributed by atoms with Gasteiger partial charge in [0.2, 0.25) is 5.91 Å². The molecule has 0 spiro atoms. The highest BCUT2D eigenvalue weighted by atomic mass is 16.5. The summed E-state index contributed by atoms with van der Waals surface area (Å²) in [5.74, 6) is -0.0521. The molecule has 4 amide bonds. The number of rotatable bonds is 5. The molecule has 0 atom stereocenters. The number of benzene rings is 1. The lowest BCUT2D eigenvalue weighted by Gasteiger charge is -2.12. The number of carbonyl (C=O) groups is 3. The molecule has 1 fully saturated rings. The largest absolute Gasteiger partial charge is 0.493 e. The average Bonchev–Trinajstić information content (AvgIpc) is 2.79. The van der Waals surface area contributed by atoms with Crippen LogP contribution in [0.1, 0.15) is 25.8 Å². The monoisotopic (exact) mass is 318 g/mol. The fraction of sp³-hybridized carbons (Fsp3) is 0.312. The van der Waals surface area contributed by atoms with Crippen LogP contribution in [-0.2, 0) is 9.59 Å². The van der Waals surface area contributed by atoms with E-state index in [0.29, 0.717) is 23.7 Å². The zero-order valence-corrected chi connectivity index (χ0v) is 13.2. The van der Waals surface area contributed by atoms with E-state index in [0.717, 1.165) is 11.3 Å². The topological polar surface area (TPSA) is 84.9 Å². The van der Waals surface area contributed by atoms with Gasteiger partial charge in [-0.15, -0.1) is 0 Å². The number of amides is 4. The molecule has 0 bridgehead atoms. The summed E-state index contributed by atoms with van der Waals surface area (Å²) in [4.78, 5) is 35.8. The molecule has 7 nitrogen and oxygen atoms in total. The molecule has 23 heavy (non-hydrogen) atoms. The Hall–Kier alpha value is -2.83. The number of carbonyl (C=O) groups excluding carboxylic acids is 3. The second-order valence-corrected chi connectivity index (χ2v) is 4.90. The predicted octanol–water partition coefficient (Wildman–Crippen LogP) is 1.92. The van der Waals surface area contributed by atoms with E-state index in [1.54, 1.807) is 18.2 Å².